The van der Waals surface area contributed by atoms with Crippen molar-refractivity contribution in [3.8, 4) is 0 Å². The van der Waals surface area contributed by atoms with Gasteiger partial charge in [-0.3, -0.25) is 9.59 Å². The van der Waals surface area contributed by atoms with Gasteiger partial charge in [-0.15, -0.1) is 4.40 Å². The SMILES string of the molecule is Cc1ccc(C(=O)c2c(NC(=O)c3ccccc3)sc3c4cccc(Br)c4cc[n+]23)cc1. The Labute approximate surface area is 197 Å². The van der Waals surface area contributed by atoms with Gasteiger partial charge in [-0.25, -0.2) is 0 Å². The highest BCUT2D eigenvalue weighted by Gasteiger charge is 2.31. The number of carbonyl (C=O) groups excluding carboxylic acids is 2. The molecule has 0 atom stereocenters. The number of anilines is 1. The number of halogens is 1. The third-order valence-corrected chi connectivity index (χ3v) is 7.14. The molecule has 0 saturated heterocycles. The summed E-state index contributed by atoms with van der Waals surface area (Å²) in [5.74, 6) is -0.389. The first-order chi connectivity index (χ1) is 15.5. The second kappa shape index (κ2) is 8.30. The number of pyridine rings is 1. The second-order valence-corrected chi connectivity index (χ2v) is 9.34. The minimum Gasteiger partial charge on any atom is -0.308 e. The molecule has 0 aliphatic rings. The predicted molar refractivity (Wildman–Crippen MR) is 132 cm³/mol. The Morgan fingerprint density at radius 2 is 1.59 bits per heavy atom. The van der Waals surface area contributed by atoms with Gasteiger partial charge in [0.2, 0.25) is 0 Å². The summed E-state index contributed by atoms with van der Waals surface area (Å²) in [4.78, 5) is 27.4. The minimum atomic E-state index is -0.249. The van der Waals surface area contributed by atoms with E-state index in [1.54, 1.807) is 12.1 Å². The zero-order chi connectivity index (χ0) is 22.2. The van der Waals surface area contributed by atoms with E-state index in [1.165, 1.54) is 11.3 Å². The van der Waals surface area contributed by atoms with Gasteiger partial charge >= 0.3 is 0 Å². The Morgan fingerprint density at radius 3 is 2.34 bits per heavy atom. The molecular formula is C26H18BrN2O2S+. The highest BCUT2D eigenvalue weighted by atomic mass is 79.9. The molecule has 0 unspecified atom stereocenters. The zero-order valence-corrected chi connectivity index (χ0v) is 19.5. The summed E-state index contributed by atoms with van der Waals surface area (Å²) in [6.45, 7) is 1.98. The lowest BCUT2D eigenvalue weighted by atomic mass is 10.1. The monoisotopic (exact) mass is 501 g/mol. The molecule has 3 aromatic carbocycles. The van der Waals surface area contributed by atoms with Crippen molar-refractivity contribution < 1.29 is 14.0 Å². The number of hydrogen-bond acceptors (Lipinski definition) is 3. The Hall–Kier alpha value is -3.35. The van der Waals surface area contributed by atoms with Crippen LogP contribution in [0.3, 0.4) is 0 Å². The van der Waals surface area contributed by atoms with Crippen molar-refractivity contribution in [2.24, 2.45) is 0 Å². The van der Waals surface area contributed by atoms with E-state index in [0.29, 0.717) is 21.8 Å². The smallest absolute Gasteiger partial charge is 0.294 e. The van der Waals surface area contributed by atoms with Gasteiger partial charge in [0.15, 0.2) is 11.2 Å². The summed E-state index contributed by atoms with van der Waals surface area (Å²) in [6, 6.07) is 24.4. The molecule has 156 valence electrons. The van der Waals surface area contributed by atoms with E-state index in [9.17, 15) is 9.59 Å². The maximum Gasteiger partial charge on any atom is 0.294 e. The molecule has 6 heteroatoms. The number of aromatic nitrogens is 1. The average Bonchev–Trinajstić information content (AvgIpc) is 3.18. The van der Waals surface area contributed by atoms with Crippen molar-refractivity contribution in [3.63, 3.8) is 0 Å². The number of amides is 1. The van der Waals surface area contributed by atoms with Crippen LogP contribution in [0.1, 0.15) is 32.0 Å². The number of benzene rings is 3. The van der Waals surface area contributed by atoms with Gasteiger partial charge < -0.3 is 5.32 Å². The van der Waals surface area contributed by atoms with Crippen molar-refractivity contribution in [3.05, 3.63) is 112 Å². The number of hydrogen-bond donors (Lipinski definition) is 1. The standard InChI is InChI=1S/C26H17BrN2O2S/c1-16-10-12-17(13-11-16)23(30)22-25(28-24(31)18-6-3-2-4-7-18)32-26-20-8-5-9-21(27)19(20)14-15-29(22)26/h2-15H,1H3/p+1. The molecule has 32 heavy (non-hydrogen) atoms. The average molecular weight is 502 g/mol. The van der Waals surface area contributed by atoms with E-state index in [1.807, 2.05) is 84.3 Å². The largest absolute Gasteiger partial charge is 0.308 e. The Kier molecular flexibility index (Phi) is 5.33. The van der Waals surface area contributed by atoms with Crippen LogP contribution in [0.2, 0.25) is 0 Å². The number of carbonyl (C=O) groups is 2. The van der Waals surface area contributed by atoms with Crippen molar-refractivity contribution >= 4 is 59.6 Å². The molecule has 1 amide bonds. The topological polar surface area (TPSA) is 50.3 Å². The van der Waals surface area contributed by atoms with Crippen LogP contribution in [-0.2, 0) is 0 Å². The van der Waals surface area contributed by atoms with Crippen molar-refractivity contribution in [1.29, 1.82) is 0 Å². The highest BCUT2D eigenvalue weighted by Crippen LogP contribution is 2.33. The quantitative estimate of drug-likeness (QED) is 0.235. The van der Waals surface area contributed by atoms with Gasteiger partial charge in [0.25, 0.3) is 22.2 Å². The molecule has 0 aliphatic carbocycles. The fourth-order valence-corrected chi connectivity index (χ4v) is 5.34. The van der Waals surface area contributed by atoms with Crippen LogP contribution in [0.15, 0.2) is 89.5 Å². The van der Waals surface area contributed by atoms with E-state index < -0.39 is 0 Å². The van der Waals surface area contributed by atoms with E-state index in [4.69, 9.17) is 0 Å². The van der Waals surface area contributed by atoms with Crippen molar-refractivity contribution in [2.45, 2.75) is 6.92 Å². The predicted octanol–water partition coefficient (Wildman–Crippen LogP) is 6.19. The normalized spacial score (nSPS) is 11.1. The van der Waals surface area contributed by atoms with Crippen molar-refractivity contribution in [1.82, 2.24) is 0 Å². The zero-order valence-electron chi connectivity index (χ0n) is 17.1. The summed E-state index contributed by atoms with van der Waals surface area (Å²) < 4.78 is 2.86. The molecule has 0 spiro atoms. The van der Waals surface area contributed by atoms with E-state index in [-0.39, 0.29) is 11.7 Å². The van der Waals surface area contributed by atoms with E-state index >= 15 is 0 Å². The first-order valence-corrected chi connectivity index (χ1v) is 11.7. The number of nitrogens with one attached hydrogen (secondary N) is 1. The molecule has 4 nitrogen and oxygen atoms in total. The van der Waals surface area contributed by atoms with Crippen LogP contribution in [0.5, 0.6) is 0 Å². The summed E-state index contributed by atoms with van der Waals surface area (Å²) in [5, 5.41) is 5.56. The highest BCUT2D eigenvalue weighted by molar-refractivity contribution is 9.10. The molecule has 2 aromatic heterocycles. The summed E-state index contributed by atoms with van der Waals surface area (Å²) >= 11 is 5.01. The molecule has 1 N–H and O–H groups in total. The van der Waals surface area contributed by atoms with E-state index in [0.717, 1.165) is 25.6 Å². The van der Waals surface area contributed by atoms with Crippen LogP contribution < -0.4 is 9.72 Å². The van der Waals surface area contributed by atoms with Gasteiger partial charge in [0.05, 0.1) is 5.39 Å². The van der Waals surface area contributed by atoms with Gasteiger partial charge in [-0.1, -0.05) is 70.0 Å². The van der Waals surface area contributed by atoms with Crippen LogP contribution in [0.25, 0.3) is 15.6 Å². The van der Waals surface area contributed by atoms with Crippen LogP contribution in [0.4, 0.5) is 5.00 Å². The number of nitrogens with zero attached hydrogens (tertiary/aromatic N) is 1. The van der Waals surface area contributed by atoms with Gasteiger partial charge in [-0.2, -0.15) is 0 Å². The summed E-state index contributed by atoms with van der Waals surface area (Å²) in [6.07, 6.45) is 1.89. The Morgan fingerprint density at radius 1 is 0.844 bits per heavy atom. The molecule has 5 rings (SSSR count). The third-order valence-electron chi connectivity index (χ3n) is 5.34. The lowest BCUT2D eigenvalue weighted by Crippen LogP contribution is -2.29. The number of thiazole rings is 1. The van der Waals surface area contributed by atoms with Gasteiger partial charge in [0.1, 0.15) is 0 Å². The van der Waals surface area contributed by atoms with Crippen molar-refractivity contribution in [2.75, 3.05) is 5.32 Å². The molecule has 5 aromatic rings. The van der Waals surface area contributed by atoms with Gasteiger partial charge in [0, 0.05) is 27.1 Å². The second-order valence-electron chi connectivity index (χ2n) is 7.49. The Balaban J connectivity index is 1.71. The molecular weight excluding hydrogens is 484 g/mol. The van der Waals surface area contributed by atoms with Crippen LogP contribution in [0, 0.1) is 6.92 Å². The molecule has 0 saturated carbocycles. The molecule has 0 fully saturated rings. The fourth-order valence-electron chi connectivity index (χ4n) is 3.68. The minimum absolute atomic E-state index is 0.140. The molecule has 0 radical (unpaired) electrons. The summed E-state index contributed by atoms with van der Waals surface area (Å²) in [5.41, 5.74) is 2.64. The van der Waals surface area contributed by atoms with Crippen LogP contribution >= 0.6 is 27.3 Å². The van der Waals surface area contributed by atoms with Crippen LogP contribution in [-0.4, -0.2) is 11.7 Å². The number of aryl methyl sites for hydroxylation is 1. The molecule has 0 bridgehead atoms. The fraction of sp³-hybridized carbons (Fsp3) is 0.0385. The number of ketones is 1. The first-order valence-electron chi connectivity index (χ1n) is 10.1. The third kappa shape index (κ3) is 3.61. The number of rotatable bonds is 4. The Bertz CT molecular complexity index is 1490. The van der Waals surface area contributed by atoms with Gasteiger partial charge in [-0.05, 0) is 42.5 Å². The first kappa shape index (κ1) is 20.5. The maximum absolute atomic E-state index is 13.6. The maximum atomic E-state index is 13.6. The lowest BCUT2D eigenvalue weighted by Gasteiger charge is -2.03. The molecule has 2 heterocycles. The summed E-state index contributed by atoms with van der Waals surface area (Å²) in [7, 11) is 0. The van der Waals surface area contributed by atoms with E-state index in [2.05, 4.69) is 21.2 Å². The molecule has 0 aliphatic heterocycles. The number of fused-ring (bicyclic) bond motifs is 3. The lowest BCUT2D eigenvalue weighted by molar-refractivity contribution is -0.508.